The molecule has 0 radical (unpaired) electrons. The molecule has 98 valence electrons. The second-order valence-electron chi connectivity index (χ2n) is 5.59. The fourth-order valence-electron chi connectivity index (χ4n) is 2.67. The van der Waals surface area contributed by atoms with Crippen molar-refractivity contribution in [2.75, 3.05) is 0 Å². The van der Waals surface area contributed by atoms with Crippen LogP contribution in [0, 0.1) is 6.92 Å². The molecule has 1 saturated carbocycles. The molecule has 0 spiro atoms. The fourth-order valence-corrected chi connectivity index (χ4v) is 3.28. The predicted octanol–water partition coefficient (Wildman–Crippen LogP) is 4.21. The van der Waals surface area contributed by atoms with Crippen molar-refractivity contribution in [1.29, 1.82) is 0 Å². The van der Waals surface area contributed by atoms with Gasteiger partial charge in [0, 0.05) is 15.6 Å². The molecule has 0 atom stereocenters. The molecule has 0 unspecified atom stereocenters. The van der Waals surface area contributed by atoms with Crippen molar-refractivity contribution in [3.8, 4) is 0 Å². The van der Waals surface area contributed by atoms with Gasteiger partial charge in [0.1, 0.15) is 0 Å². The molecule has 1 amide bonds. The molecule has 1 N–H and O–H groups in total. The van der Waals surface area contributed by atoms with Crippen LogP contribution in [0.3, 0.4) is 0 Å². The summed E-state index contributed by atoms with van der Waals surface area (Å²) in [6.45, 7) is 4.17. The number of rotatable bonds is 2. The summed E-state index contributed by atoms with van der Waals surface area (Å²) < 4.78 is 0.960. The summed E-state index contributed by atoms with van der Waals surface area (Å²) in [5, 5.41) is 3.21. The maximum Gasteiger partial charge on any atom is 0.251 e. The average molecular weight is 310 g/mol. The molecule has 1 aromatic carbocycles. The number of amides is 1. The van der Waals surface area contributed by atoms with Crippen LogP contribution in [0.5, 0.6) is 0 Å². The van der Waals surface area contributed by atoms with E-state index in [0.717, 1.165) is 28.4 Å². The van der Waals surface area contributed by atoms with E-state index in [9.17, 15) is 4.79 Å². The van der Waals surface area contributed by atoms with E-state index in [0.29, 0.717) is 0 Å². The van der Waals surface area contributed by atoms with Gasteiger partial charge in [-0.1, -0.05) is 35.2 Å². The van der Waals surface area contributed by atoms with Gasteiger partial charge in [-0.15, -0.1) is 0 Å². The number of hydrogen-bond donors (Lipinski definition) is 1. The Balaban J connectivity index is 2.11. The van der Waals surface area contributed by atoms with Crippen molar-refractivity contribution in [3.05, 3.63) is 33.8 Å². The van der Waals surface area contributed by atoms with Crippen LogP contribution < -0.4 is 5.32 Å². The van der Waals surface area contributed by atoms with Crippen molar-refractivity contribution < 1.29 is 4.79 Å². The third kappa shape index (κ3) is 3.35. The Morgan fingerprint density at radius 2 is 1.89 bits per heavy atom. The van der Waals surface area contributed by atoms with Gasteiger partial charge in [0.05, 0.1) is 0 Å². The van der Waals surface area contributed by atoms with Gasteiger partial charge < -0.3 is 5.32 Å². The molecule has 1 aliphatic carbocycles. The van der Waals surface area contributed by atoms with Gasteiger partial charge in [0.15, 0.2) is 0 Å². The van der Waals surface area contributed by atoms with Gasteiger partial charge in [-0.3, -0.25) is 4.79 Å². The highest BCUT2D eigenvalue weighted by Gasteiger charge is 2.28. The molecule has 0 aliphatic heterocycles. The number of hydrogen-bond acceptors (Lipinski definition) is 1. The Morgan fingerprint density at radius 1 is 1.22 bits per heavy atom. The Hall–Kier alpha value is -0.830. The molecular weight excluding hydrogens is 290 g/mol. The number of aryl methyl sites for hydroxylation is 1. The minimum Gasteiger partial charge on any atom is -0.347 e. The van der Waals surface area contributed by atoms with Gasteiger partial charge in [-0.05, 0) is 50.5 Å². The van der Waals surface area contributed by atoms with Gasteiger partial charge in [0.2, 0.25) is 0 Å². The Labute approximate surface area is 117 Å². The summed E-state index contributed by atoms with van der Waals surface area (Å²) in [6.07, 6.45) is 5.90. The van der Waals surface area contributed by atoms with E-state index in [2.05, 4.69) is 28.2 Å². The topological polar surface area (TPSA) is 29.1 Å². The van der Waals surface area contributed by atoms with Crippen molar-refractivity contribution in [3.63, 3.8) is 0 Å². The molecule has 0 aromatic heterocycles. The summed E-state index contributed by atoms with van der Waals surface area (Å²) in [4.78, 5) is 12.3. The predicted molar refractivity (Wildman–Crippen MR) is 77.8 cm³/mol. The second-order valence-corrected chi connectivity index (χ2v) is 6.51. The zero-order valence-corrected chi connectivity index (χ0v) is 12.6. The number of halogens is 1. The zero-order chi connectivity index (χ0) is 13.2. The van der Waals surface area contributed by atoms with E-state index in [-0.39, 0.29) is 11.4 Å². The first-order valence-electron chi connectivity index (χ1n) is 6.58. The molecule has 0 saturated heterocycles. The van der Waals surface area contributed by atoms with Gasteiger partial charge >= 0.3 is 0 Å². The lowest BCUT2D eigenvalue weighted by atomic mass is 9.83. The van der Waals surface area contributed by atoms with E-state index in [1.807, 2.05) is 25.1 Å². The fraction of sp³-hybridized carbons (Fsp3) is 0.533. The first-order valence-corrected chi connectivity index (χ1v) is 7.38. The molecule has 2 nitrogen and oxygen atoms in total. The highest BCUT2D eigenvalue weighted by atomic mass is 79.9. The third-order valence-corrected chi connectivity index (χ3v) is 4.13. The van der Waals surface area contributed by atoms with Crippen molar-refractivity contribution in [2.24, 2.45) is 0 Å². The summed E-state index contributed by atoms with van der Waals surface area (Å²) in [6, 6.07) is 5.83. The number of carbonyl (C=O) groups is 1. The third-order valence-electron chi connectivity index (χ3n) is 3.68. The number of nitrogens with one attached hydrogen (secondary N) is 1. The minimum absolute atomic E-state index is 0.0223. The first-order chi connectivity index (χ1) is 8.48. The molecule has 18 heavy (non-hydrogen) atoms. The summed E-state index contributed by atoms with van der Waals surface area (Å²) in [7, 11) is 0. The molecule has 3 heteroatoms. The van der Waals surface area contributed by atoms with Crippen LogP contribution in [0.25, 0.3) is 0 Å². The molecule has 2 rings (SSSR count). The van der Waals surface area contributed by atoms with Crippen LogP contribution in [0.4, 0.5) is 0 Å². The molecule has 1 aliphatic rings. The van der Waals surface area contributed by atoms with Crippen LogP contribution in [0.15, 0.2) is 22.7 Å². The summed E-state index contributed by atoms with van der Waals surface area (Å²) >= 11 is 3.44. The maximum absolute atomic E-state index is 12.3. The van der Waals surface area contributed by atoms with Crippen molar-refractivity contribution in [1.82, 2.24) is 5.32 Å². The van der Waals surface area contributed by atoms with Crippen LogP contribution in [-0.4, -0.2) is 11.4 Å². The van der Waals surface area contributed by atoms with E-state index in [1.54, 1.807) is 0 Å². The lowest BCUT2D eigenvalue weighted by molar-refractivity contribution is 0.0882. The molecule has 0 heterocycles. The highest BCUT2D eigenvalue weighted by molar-refractivity contribution is 9.10. The Kier molecular flexibility index (Phi) is 4.10. The van der Waals surface area contributed by atoms with Crippen molar-refractivity contribution >= 4 is 21.8 Å². The van der Waals surface area contributed by atoms with E-state index in [1.165, 1.54) is 19.3 Å². The smallest absolute Gasteiger partial charge is 0.251 e. The number of benzene rings is 1. The normalized spacial score (nSPS) is 18.4. The minimum atomic E-state index is -0.0223. The van der Waals surface area contributed by atoms with Crippen molar-refractivity contribution in [2.45, 2.75) is 51.5 Å². The van der Waals surface area contributed by atoms with E-state index < -0.39 is 0 Å². The van der Waals surface area contributed by atoms with Crippen LogP contribution in [0.2, 0.25) is 0 Å². The average Bonchev–Trinajstić information content (AvgIpc) is 2.28. The van der Waals surface area contributed by atoms with Crippen LogP contribution in [-0.2, 0) is 0 Å². The Morgan fingerprint density at radius 3 is 2.50 bits per heavy atom. The number of carbonyl (C=O) groups excluding carboxylic acids is 1. The lowest BCUT2D eigenvalue weighted by Crippen LogP contribution is -2.47. The molecule has 1 aromatic rings. The molecule has 1 fully saturated rings. The first kappa shape index (κ1) is 13.6. The quantitative estimate of drug-likeness (QED) is 0.871. The largest absolute Gasteiger partial charge is 0.347 e. The van der Waals surface area contributed by atoms with Gasteiger partial charge in [-0.2, -0.15) is 0 Å². The van der Waals surface area contributed by atoms with Gasteiger partial charge in [-0.25, -0.2) is 0 Å². The SMILES string of the molecule is Cc1cc(Br)cc(C(=O)NC2(C)CCCCC2)c1. The highest BCUT2D eigenvalue weighted by Crippen LogP contribution is 2.28. The van der Waals surface area contributed by atoms with E-state index >= 15 is 0 Å². The summed E-state index contributed by atoms with van der Waals surface area (Å²) in [5.41, 5.74) is 1.82. The monoisotopic (exact) mass is 309 g/mol. The maximum atomic E-state index is 12.3. The van der Waals surface area contributed by atoms with E-state index in [4.69, 9.17) is 0 Å². The zero-order valence-electron chi connectivity index (χ0n) is 11.1. The molecule has 0 bridgehead atoms. The summed E-state index contributed by atoms with van der Waals surface area (Å²) in [5.74, 6) is 0.0452. The van der Waals surface area contributed by atoms with Crippen LogP contribution in [0.1, 0.15) is 54.9 Å². The lowest BCUT2D eigenvalue weighted by Gasteiger charge is -2.34. The Bertz CT molecular complexity index is 430. The molecular formula is C15H20BrNO. The van der Waals surface area contributed by atoms with Gasteiger partial charge in [0.25, 0.3) is 5.91 Å². The van der Waals surface area contributed by atoms with Crippen LogP contribution >= 0.6 is 15.9 Å². The second kappa shape index (κ2) is 5.43. The standard InChI is InChI=1S/C15H20BrNO/c1-11-8-12(10-13(16)9-11)14(18)17-15(2)6-4-3-5-7-15/h8-10H,3-7H2,1-2H3,(H,17,18).